The van der Waals surface area contributed by atoms with Gasteiger partial charge in [0.2, 0.25) is 0 Å². The number of aryl methyl sites for hydroxylation is 1. The zero-order valence-electron chi connectivity index (χ0n) is 16.3. The first-order valence-corrected chi connectivity index (χ1v) is 10.1. The van der Waals surface area contributed by atoms with Crippen molar-refractivity contribution in [3.8, 4) is 11.4 Å². The molecule has 3 aromatic rings. The number of hydrogen-bond donors (Lipinski definition) is 2. The molecule has 0 bridgehead atoms. The SMILES string of the molecule is CCCCn1ncc2c(=O)n(CC3(O)CCNCC3)c(-c3ccccc3)nc21. The molecule has 148 valence electrons. The van der Waals surface area contributed by atoms with Crippen LogP contribution in [-0.4, -0.2) is 43.1 Å². The quantitative estimate of drug-likeness (QED) is 0.684. The minimum atomic E-state index is -0.911. The number of aliphatic hydroxyl groups is 1. The number of nitrogens with zero attached hydrogens (tertiary/aromatic N) is 4. The lowest BCUT2D eigenvalue weighted by atomic mass is 9.92. The van der Waals surface area contributed by atoms with E-state index in [1.807, 2.05) is 35.0 Å². The van der Waals surface area contributed by atoms with Crippen molar-refractivity contribution in [1.29, 1.82) is 0 Å². The molecule has 28 heavy (non-hydrogen) atoms. The van der Waals surface area contributed by atoms with E-state index in [1.54, 1.807) is 10.8 Å². The van der Waals surface area contributed by atoms with Crippen LogP contribution in [0.25, 0.3) is 22.4 Å². The van der Waals surface area contributed by atoms with Gasteiger partial charge in [0.25, 0.3) is 5.56 Å². The largest absolute Gasteiger partial charge is 0.388 e. The van der Waals surface area contributed by atoms with Crippen molar-refractivity contribution < 1.29 is 5.11 Å². The predicted molar refractivity (Wildman–Crippen MR) is 109 cm³/mol. The molecule has 2 N–H and O–H groups in total. The van der Waals surface area contributed by atoms with Gasteiger partial charge < -0.3 is 10.4 Å². The summed E-state index contributed by atoms with van der Waals surface area (Å²) in [5, 5.41) is 19.2. The summed E-state index contributed by atoms with van der Waals surface area (Å²) < 4.78 is 3.45. The van der Waals surface area contributed by atoms with Gasteiger partial charge in [0.15, 0.2) is 5.65 Å². The highest BCUT2D eigenvalue weighted by Gasteiger charge is 2.31. The van der Waals surface area contributed by atoms with Gasteiger partial charge in [0.1, 0.15) is 11.2 Å². The molecule has 1 fully saturated rings. The van der Waals surface area contributed by atoms with Gasteiger partial charge in [-0.15, -0.1) is 0 Å². The summed E-state index contributed by atoms with van der Waals surface area (Å²) in [5.41, 5.74) is 0.429. The molecular formula is C21H27N5O2. The van der Waals surface area contributed by atoms with Crippen LogP contribution >= 0.6 is 0 Å². The second-order valence-electron chi connectivity index (χ2n) is 7.63. The number of benzene rings is 1. The van der Waals surface area contributed by atoms with Crippen molar-refractivity contribution in [2.75, 3.05) is 13.1 Å². The molecule has 0 amide bonds. The average molecular weight is 381 g/mol. The van der Waals surface area contributed by atoms with E-state index >= 15 is 0 Å². The monoisotopic (exact) mass is 381 g/mol. The Morgan fingerprint density at radius 1 is 1.21 bits per heavy atom. The number of piperidine rings is 1. The van der Waals surface area contributed by atoms with E-state index in [2.05, 4.69) is 17.3 Å². The third-order valence-corrected chi connectivity index (χ3v) is 5.50. The summed E-state index contributed by atoms with van der Waals surface area (Å²) in [6.07, 6.45) is 4.86. The maximum absolute atomic E-state index is 13.4. The van der Waals surface area contributed by atoms with Crippen LogP contribution in [-0.2, 0) is 13.1 Å². The molecule has 0 saturated carbocycles. The molecule has 2 aromatic heterocycles. The zero-order valence-corrected chi connectivity index (χ0v) is 16.3. The van der Waals surface area contributed by atoms with Crippen molar-refractivity contribution in [3.05, 3.63) is 46.9 Å². The first kappa shape index (κ1) is 18.8. The molecule has 1 saturated heterocycles. The fraction of sp³-hybridized carbons (Fsp3) is 0.476. The number of hydrogen-bond acceptors (Lipinski definition) is 5. The van der Waals surface area contributed by atoms with E-state index in [0.29, 0.717) is 29.7 Å². The summed E-state index contributed by atoms with van der Waals surface area (Å²) in [4.78, 5) is 18.2. The van der Waals surface area contributed by atoms with Crippen LogP contribution in [0.3, 0.4) is 0 Å². The van der Waals surface area contributed by atoms with Gasteiger partial charge in [-0.25, -0.2) is 9.67 Å². The Morgan fingerprint density at radius 2 is 1.96 bits per heavy atom. The molecule has 0 atom stereocenters. The Bertz CT molecular complexity index is 1000. The molecule has 7 nitrogen and oxygen atoms in total. The molecule has 4 rings (SSSR count). The molecule has 0 spiro atoms. The van der Waals surface area contributed by atoms with Crippen molar-refractivity contribution in [2.45, 2.75) is 51.3 Å². The maximum Gasteiger partial charge on any atom is 0.265 e. The molecule has 0 radical (unpaired) electrons. The molecular weight excluding hydrogens is 354 g/mol. The van der Waals surface area contributed by atoms with E-state index in [-0.39, 0.29) is 12.1 Å². The van der Waals surface area contributed by atoms with Crippen molar-refractivity contribution in [1.82, 2.24) is 24.6 Å². The summed E-state index contributed by atoms with van der Waals surface area (Å²) in [6.45, 7) is 4.59. The molecule has 1 aliphatic heterocycles. The second kappa shape index (κ2) is 7.85. The topological polar surface area (TPSA) is 85.0 Å². The van der Waals surface area contributed by atoms with E-state index < -0.39 is 5.60 Å². The first-order chi connectivity index (χ1) is 13.6. The smallest absolute Gasteiger partial charge is 0.265 e. The summed E-state index contributed by atoms with van der Waals surface area (Å²) in [6, 6.07) is 9.70. The van der Waals surface area contributed by atoms with Crippen molar-refractivity contribution in [3.63, 3.8) is 0 Å². The first-order valence-electron chi connectivity index (χ1n) is 10.1. The van der Waals surface area contributed by atoms with Gasteiger partial charge in [0, 0.05) is 12.1 Å². The van der Waals surface area contributed by atoms with Crippen LogP contribution in [0.15, 0.2) is 41.3 Å². The van der Waals surface area contributed by atoms with Crippen molar-refractivity contribution >= 4 is 11.0 Å². The fourth-order valence-electron chi connectivity index (χ4n) is 3.82. The van der Waals surface area contributed by atoms with Crippen LogP contribution in [0.2, 0.25) is 0 Å². The summed E-state index contributed by atoms with van der Waals surface area (Å²) in [7, 11) is 0. The Hall–Kier alpha value is -2.51. The van der Waals surface area contributed by atoms with Crippen LogP contribution in [0.1, 0.15) is 32.6 Å². The highest BCUT2D eigenvalue weighted by atomic mass is 16.3. The van der Waals surface area contributed by atoms with Gasteiger partial charge in [-0.1, -0.05) is 43.7 Å². The third-order valence-electron chi connectivity index (χ3n) is 5.50. The molecule has 0 unspecified atom stereocenters. The van der Waals surface area contributed by atoms with E-state index in [9.17, 15) is 9.90 Å². The summed E-state index contributed by atoms with van der Waals surface area (Å²) >= 11 is 0. The highest BCUT2D eigenvalue weighted by molar-refractivity contribution is 5.76. The van der Waals surface area contributed by atoms with Crippen molar-refractivity contribution in [2.24, 2.45) is 0 Å². The lowest BCUT2D eigenvalue weighted by molar-refractivity contribution is -0.00585. The molecule has 1 aromatic carbocycles. The van der Waals surface area contributed by atoms with E-state index in [0.717, 1.165) is 38.0 Å². The fourth-order valence-corrected chi connectivity index (χ4v) is 3.82. The second-order valence-corrected chi connectivity index (χ2v) is 7.63. The number of rotatable bonds is 6. The number of aromatic nitrogens is 4. The lowest BCUT2D eigenvalue weighted by Crippen LogP contribution is -2.46. The molecule has 1 aliphatic rings. The normalized spacial score (nSPS) is 16.5. The van der Waals surface area contributed by atoms with Gasteiger partial charge in [-0.3, -0.25) is 9.36 Å². The Kier molecular flexibility index (Phi) is 5.28. The number of unbranched alkanes of at least 4 members (excludes halogenated alkanes) is 1. The Balaban J connectivity index is 1.87. The Labute approximate surface area is 164 Å². The number of nitrogens with one attached hydrogen (secondary N) is 1. The molecule has 7 heteroatoms. The van der Waals surface area contributed by atoms with Crippen LogP contribution in [0.4, 0.5) is 0 Å². The number of fused-ring (bicyclic) bond motifs is 1. The highest BCUT2D eigenvalue weighted by Crippen LogP contribution is 2.24. The third kappa shape index (κ3) is 3.59. The minimum Gasteiger partial charge on any atom is -0.388 e. The predicted octanol–water partition coefficient (Wildman–Crippen LogP) is 2.17. The Morgan fingerprint density at radius 3 is 2.68 bits per heavy atom. The van der Waals surface area contributed by atoms with Crippen LogP contribution in [0, 0.1) is 0 Å². The van der Waals surface area contributed by atoms with Gasteiger partial charge in [0.05, 0.1) is 18.3 Å². The maximum atomic E-state index is 13.4. The van der Waals surface area contributed by atoms with E-state index in [1.165, 1.54) is 0 Å². The average Bonchev–Trinajstić information content (AvgIpc) is 3.12. The minimum absolute atomic E-state index is 0.140. The standard InChI is InChI=1S/C21H27N5O2/c1-2-3-13-26-19-17(14-23-26)20(27)25(15-21(28)9-11-22-12-10-21)18(24-19)16-7-5-4-6-8-16/h4-8,14,22,28H,2-3,9-13,15H2,1H3. The van der Waals surface area contributed by atoms with Gasteiger partial charge in [-0.05, 0) is 32.4 Å². The lowest BCUT2D eigenvalue weighted by Gasteiger charge is -2.33. The van der Waals surface area contributed by atoms with Crippen LogP contribution < -0.4 is 10.9 Å². The van der Waals surface area contributed by atoms with Gasteiger partial charge >= 0.3 is 0 Å². The van der Waals surface area contributed by atoms with E-state index in [4.69, 9.17) is 4.98 Å². The molecule has 0 aliphatic carbocycles. The molecule has 3 heterocycles. The zero-order chi connectivity index (χ0) is 19.6. The summed E-state index contributed by atoms with van der Waals surface area (Å²) in [5.74, 6) is 0.586. The van der Waals surface area contributed by atoms with Crippen LogP contribution in [0.5, 0.6) is 0 Å². The van der Waals surface area contributed by atoms with Gasteiger partial charge in [-0.2, -0.15) is 5.10 Å².